The van der Waals surface area contributed by atoms with E-state index >= 15 is 0 Å². The highest BCUT2D eigenvalue weighted by Crippen LogP contribution is 2.18. The van der Waals surface area contributed by atoms with E-state index in [1.807, 2.05) is 19.3 Å². The predicted octanol–water partition coefficient (Wildman–Crippen LogP) is 0.974. The van der Waals surface area contributed by atoms with Crippen molar-refractivity contribution in [3.8, 4) is 0 Å². The van der Waals surface area contributed by atoms with Crippen LogP contribution in [0.25, 0.3) is 0 Å². The van der Waals surface area contributed by atoms with Gasteiger partial charge in [0.25, 0.3) is 5.91 Å². The average Bonchev–Trinajstić information content (AvgIpc) is 2.93. The Morgan fingerprint density at radius 3 is 3.10 bits per heavy atom. The molecule has 6 heteroatoms. The maximum atomic E-state index is 12.0. The number of imidazole rings is 1. The second kappa shape index (κ2) is 5.40. The van der Waals surface area contributed by atoms with Crippen molar-refractivity contribution in [2.75, 3.05) is 6.54 Å². The summed E-state index contributed by atoms with van der Waals surface area (Å²) < 4.78 is 2.17. The van der Waals surface area contributed by atoms with Gasteiger partial charge in [0.05, 0.1) is 11.9 Å². The monoisotopic (exact) mass is 271 g/mol. The fourth-order valence-electron chi connectivity index (χ4n) is 2.43. The van der Waals surface area contributed by atoms with Crippen LogP contribution in [0.4, 0.5) is 0 Å². The summed E-state index contributed by atoms with van der Waals surface area (Å²) in [5, 5.41) is 2.93. The highest BCUT2D eigenvalue weighted by Gasteiger charge is 2.20. The van der Waals surface area contributed by atoms with Crippen molar-refractivity contribution < 1.29 is 4.79 Å². The van der Waals surface area contributed by atoms with Crippen molar-refractivity contribution >= 4 is 5.91 Å². The molecule has 0 saturated heterocycles. The molecule has 1 aliphatic heterocycles. The van der Waals surface area contributed by atoms with Gasteiger partial charge in [0, 0.05) is 38.1 Å². The molecule has 1 amide bonds. The van der Waals surface area contributed by atoms with Crippen molar-refractivity contribution in [2.45, 2.75) is 26.3 Å². The number of amides is 1. The second-order valence-electron chi connectivity index (χ2n) is 5.15. The van der Waals surface area contributed by atoms with Crippen LogP contribution in [0.15, 0.2) is 24.8 Å². The van der Waals surface area contributed by atoms with Crippen LogP contribution in [0.5, 0.6) is 0 Å². The first-order chi connectivity index (χ1) is 9.72. The van der Waals surface area contributed by atoms with Crippen LogP contribution in [-0.2, 0) is 13.0 Å². The van der Waals surface area contributed by atoms with Gasteiger partial charge in [-0.15, -0.1) is 0 Å². The molecule has 0 aliphatic carbocycles. The maximum absolute atomic E-state index is 12.0. The van der Waals surface area contributed by atoms with Gasteiger partial charge < -0.3 is 9.88 Å². The van der Waals surface area contributed by atoms with E-state index in [9.17, 15) is 4.79 Å². The number of carbonyl (C=O) groups is 1. The van der Waals surface area contributed by atoms with E-state index in [1.165, 1.54) is 6.20 Å². The van der Waals surface area contributed by atoms with E-state index in [0.717, 1.165) is 30.9 Å². The average molecular weight is 271 g/mol. The minimum atomic E-state index is -0.161. The summed E-state index contributed by atoms with van der Waals surface area (Å²) in [5.41, 5.74) is 1.17. The molecule has 3 heterocycles. The highest BCUT2D eigenvalue weighted by molar-refractivity contribution is 5.91. The van der Waals surface area contributed by atoms with Gasteiger partial charge in [-0.1, -0.05) is 0 Å². The Balaban J connectivity index is 1.55. The van der Waals surface area contributed by atoms with Gasteiger partial charge >= 0.3 is 0 Å². The zero-order valence-corrected chi connectivity index (χ0v) is 11.4. The lowest BCUT2D eigenvalue weighted by Crippen LogP contribution is -2.33. The number of rotatable bonds is 3. The lowest BCUT2D eigenvalue weighted by Gasteiger charge is -2.23. The number of hydrogen-bond donors (Lipinski definition) is 1. The summed E-state index contributed by atoms with van der Waals surface area (Å²) in [4.78, 5) is 24.4. The van der Waals surface area contributed by atoms with Gasteiger partial charge in [-0.3, -0.25) is 9.78 Å². The highest BCUT2D eigenvalue weighted by atomic mass is 16.1. The zero-order valence-electron chi connectivity index (χ0n) is 11.4. The Bertz CT molecular complexity index is 604. The van der Waals surface area contributed by atoms with Crippen LogP contribution in [-0.4, -0.2) is 32.0 Å². The number of aromatic nitrogens is 4. The van der Waals surface area contributed by atoms with E-state index in [4.69, 9.17) is 0 Å². The molecule has 2 aromatic heterocycles. The molecule has 0 bridgehead atoms. The molecule has 0 radical (unpaired) electrons. The summed E-state index contributed by atoms with van der Waals surface area (Å²) in [5.74, 6) is 1.38. The smallest absolute Gasteiger partial charge is 0.271 e. The molecule has 6 nitrogen and oxygen atoms in total. The lowest BCUT2D eigenvalue weighted by molar-refractivity contribution is 0.0939. The molecule has 0 saturated carbocycles. The third-order valence-corrected chi connectivity index (χ3v) is 3.62. The Labute approximate surface area is 117 Å². The van der Waals surface area contributed by atoms with Gasteiger partial charge in [0.2, 0.25) is 0 Å². The van der Waals surface area contributed by atoms with E-state index in [1.54, 1.807) is 6.20 Å². The minimum absolute atomic E-state index is 0.161. The minimum Gasteiger partial charge on any atom is -0.350 e. The topological polar surface area (TPSA) is 72.7 Å². The number of hydrogen-bond acceptors (Lipinski definition) is 4. The second-order valence-corrected chi connectivity index (χ2v) is 5.15. The Hall–Kier alpha value is -2.24. The van der Waals surface area contributed by atoms with Crippen molar-refractivity contribution in [1.29, 1.82) is 0 Å². The van der Waals surface area contributed by atoms with Crippen LogP contribution in [0.3, 0.4) is 0 Å². The number of aryl methyl sites for hydroxylation is 2. The molecule has 0 unspecified atom stereocenters. The number of nitrogens with zero attached hydrogens (tertiary/aromatic N) is 4. The van der Waals surface area contributed by atoms with Crippen LogP contribution in [0, 0.1) is 12.8 Å². The molecule has 1 aliphatic rings. The van der Waals surface area contributed by atoms with Crippen LogP contribution < -0.4 is 5.32 Å². The maximum Gasteiger partial charge on any atom is 0.271 e. The van der Waals surface area contributed by atoms with Gasteiger partial charge in [0.1, 0.15) is 11.5 Å². The molecule has 1 atom stereocenters. The SMILES string of the molecule is Cc1cnc(C(=O)NC[C@@H]2CCn3ccnc3C2)cn1. The zero-order chi connectivity index (χ0) is 13.9. The Morgan fingerprint density at radius 1 is 1.40 bits per heavy atom. The summed E-state index contributed by atoms with van der Waals surface area (Å²) in [6.45, 7) is 3.47. The van der Waals surface area contributed by atoms with Gasteiger partial charge in [-0.2, -0.15) is 0 Å². The first-order valence-electron chi connectivity index (χ1n) is 6.79. The third kappa shape index (κ3) is 2.68. The van der Waals surface area contributed by atoms with Crippen molar-refractivity contribution in [3.63, 3.8) is 0 Å². The third-order valence-electron chi connectivity index (χ3n) is 3.62. The number of carbonyl (C=O) groups excluding carboxylic acids is 1. The molecule has 0 fully saturated rings. The van der Waals surface area contributed by atoms with E-state index in [0.29, 0.717) is 18.2 Å². The number of fused-ring (bicyclic) bond motifs is 1. The standard InChI is InChI=1S/C14H17N5O/c1-10-7-17-12(9-16-10)14(20)18-8-11-2-4-19-5-3-15-13(19)6-11/h3,5,7,9,11H,2,4,6,8H2,1H3,(H,18,20)/t11-/m1/s1. The van der Waals surface area contributed by atoms with Gasteiger partial charge in [-0.25, -0.2) is 9.97 Å². The molecule has 0 spiro atoms. The lowest BCUT2D eigenvalue weighted by atomic mass is 9.98. The molecule has 3 rings (SSSR count). The van der Waals surface area contributed by atoms with Crippen molar-refractivity contribution in [2.24, 2.45) is 5.92 Å². The van der Waals surface area contributed by atoms with Crippen molar-refractivity contribution in [1.82, 2.24) is 24.8 Å². The van der Waals surface area contributed by atoms with Crippen molar-refractivity contribution in [3.05, 3.63) is 42.0 Å². The summed E-state index contributed by atoms with van der Waals surface area (Å²) in [6, 6.07) is 0. The Morgan fingerprint density at radius 2 is 2.30 bits per heavy atom. The van der Waals surface area contributed by atoms with Gasteiger partial charge in [0.15, 0.2) is 0 Å². The molecule has 0 aromatic carbocycles. The summed E-state index contributed by atoms with van der Waals surface area (Å²) in [7, 11) is 0. The molecule has 20 heavy (non-hydrogen) atoms. The summed E-state index contributed by atoms with van der Waals surface area (Å²) in [6.07, 6.45) is 8.92. The first-order valence-corrected chi connectivity index (χ1v) is 6.79. The quantitative estimate of drug-likeness (QED) is 0.903. The number of nitrogens with one attached hydrogen (secondary N) is 1. The molecular weight excluding hydrogens is 254 g/mol. The van der Waals surface area contributed by atoms with Crippen LogP contribution in [0.1, 0.15) is 28.4 Å². The predicted molar refractivity (Wildman–Crippen MR) is 73.1 cm³/mol. The Kier molecular flexibility index (Phi) is 3.45. The molecular formula is C14H17N5O. The van der Waals surface area contributed by atoms with E-state index in [2.05, 4.69) is 24.8 Å². The molecule has 104 valence electrons. The van der Waals surface area contributed by atoms with E-state index < -0.39 is 0 Å². The fourth-order valence-corrected chi connectivity index (χ4v) is 2.43. The molecule has 2 aromatic rings. The summed E-state index contributed by atoms with van der Waals surface area (Å²) >= 11 is 0. The normalized spacial score (nSPS) is 17.6. The fraction of sp³-hybridized carbons (Fsp3) is 0.429. The van der Waals surface area contributed by atoms with E-state index in [-0.39, 0.29) is 5.91 Å². The van der Waals surface area contributed by atoms with Gasteiger partial charge in [-0.05, 0) is 19.3 Å². The molecule has 1 N–H and O–H groups in total. The largest absolute Gasteiger partial charge is 0.350 e. The van der Waals surface area contributed by atoms with Crippen LogP contribution in [0.2, 0.25) is 0 Å². The first kappa shape index (κ1) is 12.8. The van der Waals surface area contributed by atoms with Crippen LogP contribution >= 0.6 is 0 Å².